The summed E-state index contributed by atoms with van der Waals surface area (Å²) in [5.41, 5.74) is 5.88. The standard InChI is InChI=1S/C19H18FN3O3/c1-10-7-14(10)19(26)23-12-4-2-3-11(8-12)18(25)22-13-5-6-16(20)15(9-13)17(21)24/h2-6,8-10,14H,7H2,1H3,(H2,21,24)(H,22,25)(H,23,26)/t10-,14+/m0/s1. The summed E-state index contributed by atoms with van der Waals surface area (Å²) in [6, 6.07) is 10.1. The Hall–Kier alpha value is -3.22. The molecule has 26 heavy (non-hydrogen) atoms. The first-order valence-corrected chi connectivity index (χ1v) is 8.17. The van der Waals surface area contributed by atoms with Crippen LogP contribution in [-0.4, -0.2) is 17.7 Å². The number of primary amides is 1. The molecule has 1 aliphatic rings. The molecule has 2 aromatic carbocycles. The number of rotatable bonds is 5. The average molecular weight is 355 g/mol. The SMILES string of the molecule is C[C@H]1C[C@H]1C(=O)Nc1cccc(C(=O)Nc2ccc(F)c(C(N)=O)c2)c1. The molecule has 3 amide bonds. The number of amides is 3. The lowest BCUT2D eigenvalue weighted by Crippen LogP contribution is -2.17. The Balaban J connectivity index is 1.72. The van der Waals surface area contributed by atoms with E-state index in [2.05, 4.69) is 10.6 Å². The average Bonchev–Trinajstić information content (AvgIpc) is 3.33. The van der Waals surface area contributed by atoms with Gasteiger partial charge in [-0.25, -0.2) is 4.39 Å². The third-order valence-corrected chi connectivity index (χ3v) is 4.33. The Kier molecular flexibility index (Phi) is 4.71. The van der Waals surface area contributed by atoms with Gasteiger partial charge in [-0.1, -0.05) is 13.0 Å². The Morgan fingerprint density at radius 3 is 2.42 bits per heavy atom. The zero-order valence-electron chi connectivity index (χ0n) is 14.1. The van der Waals surface area contributed by atoms with Crippen LogP contribution in [0, 0.1) is 17.7 Å². The van der Waals surface area contributed by atoms with Crippen molar-refractivity contribution in [2.24, 2.45) is 17.6 Å². The van der Waals surface area contributed by atoms with Crippen molar-refractivity contribution in [1.82, 2.24) is 0 Å². The minimum absolute atomic E-state index is 0.0268. The van der Waals surface area contributed by atoms with Gasteiger partial charge < -0.3 is 16.4 Å². The Bertz CT molecular complexity index is 897. The maximum Gasteiger partial charge on any atom is 0.255 e. The lowest BCUT2D eigenvalue weighted by molar-refractivity contribution is -0.117. The van der Waals surface area contributed by atoms with Crippen LogP contribution in [0.3, 0.4) is 0 Å². The van der Waals surface area contributed by atoms with E-state index < -0.39 is 17.6 Å². The van der Waals surface area contributed by atoms with Gasteiger partial charge in [-0.2, -0.15) is 0 Å². The summed E-state index contributed by atoms with van der Waals surface area (Å²) in [7, 11) is 0. The Morgan fingerprint density at radius 2 is 1.77 bits per heavy atom. The first-order valence-electron chi connectivity index (χ1n) is 8.17. The van der Waals surface area contributed by atoms with Crippen LogP contribution >= 0.6 is 0 Å². The molecule has 0 bridgehead atoms. The molecule has 0 unspecified atom stereocenters. The van der Waals surface area contributed by atoms with E-state index in [1.165, 1.54) is 12.1 Å². The van der Waals surface area contributed by atoms with Gasteiger partial charge in [0.05, 0.1) is 5.56 Å². The van der Waals surface area contributed by atoms with Gasteiger partial charge in [0.25, 0.3) is 11.8 Å². The number of nitrogens with one attached hydrogen (secondary N) is 2. The van der Waals surface area contributed by atoms with E-state index >= 15 is 0 Å². The van der Waals surface area contributed by atoms with E-state index in [1.807, 2.05) is 6.92 Å². The van der Waals surface area contributed by atoms with Gasteiger partial charge in [0, 0.05) is 22.9 Å². The Morgan fingerprint density at radius 1 is 1.08 bits per heavy atom. The molecule has 7 heteroatoms. The summed E-state index contributed by atoms with van der Waals surface area (Å²) in [4.78, 5) is 35.6. The topological polar surface area (TPSA) is 101 Å². The van der Waals surface area contributed by atoms with Crippen LogP contribution in [0.25, 0.3) is 0 Å². The van der Waals surface area contributed by atoms with E-state index in [-0.39, 0.29) is 23.1 Å². The molecule has 4 N–H and O–H groups in total. The van der Waals surface area contributed by atoms with Gasteiger partial charge in [0.2, 0.25) is 5.91 Å². The van der Waals surface area contributed by atoms with E-state index in [1.54, 1.807) is 24.3 Å². The molecule has 0 aliphatic heterocycles. The summed E-state index contributed by atoms with van der Waals surface area (Å²) in [6.45, 7) is 2.01. The number of halogens is 1. The molecule has 1 aliphatic carbocycles. The molecule has 3 rings (SSSR count). The molecule has 0 aromatic heterocycles. The quantitative estimate of drug-likeness (QED) is 0.768. The summed E-state index contributed by atoms with van der Waals surface area (Å²) in [5, 5.41) is 5.37. The van der Waals surface area contributed by atoms with Crippen molar-refractivity contribution < 1.29 is 18.8 Å². The second-order valence-corrected chi connectivity index (χ2v) is 6.40. The number of anilines is 2. The smallest absolute Gasteiger partial charge is 0.255 e. The van der Waals surface area contributed by atoms with Crippen molar-refractivity contribution in [2.75, 3.05) is 10.6 Å². The van der Waals surface area contributed by atoms with Crippen LogP contribution in [0.2, 0.25) is 0 Å². The minimum atomic E-state index is -0.919. The van der Waals surface area contributed by atoms with Gasteiger partial charge in [0.15, 0.2) is 0 Å². The maximum atomic E-state index is 13.5. The maximum absolute atomic E-state index is 13.5. The Labute approximate surface area is 149 Å². The van der Waals surface area contributed by atoms with Gasteiger partial charge in [-0.05, 0) is 48.7 Å². The van der Waals surface area contributed by atoms with Crippen molar-refractivity contribution in [3.05, 3.63) is 59.4 Å². The van der Waals surface area contributed by atoms with Crippen LogP contribution in [0.15, 0.2) is 42.5 Å². The fraction of sp³-hybridized carbons (Fsp3) is 0.211. The molecular formula is C19H18FN3O3. The highest BCUT2D eigenvalue weighted by Gasteiger charge is 2.39. The molecular weight excluding hydrogens is 337 g/mol. The van der Waals surface area contributed by atoms with Gasteiger partial charge in [0.1, 0.15) is 5.82 Å². The van der Waals surface area contributed by atoms with E-state index in [9.17, 15) is 18.8 Å². The molecule has 2 aromatic rings. The first-order chi connectivity index (χ1) is 12.3. The zero-order valence-corrected chi connectivity index (χ0v) is 14.1. The van der Waals surface area contributed by atoms with Crippen molar-refractivity contribution in [1.29, 1.82) is 0 Å². The molecule has 1 fully saturated rings. The highest BCUT2D eigenvalue weighted by Crippen LogP contribution is 2.38. The summed E-state index contributed by atoms with van der Waals surface area (Å²) in [5.74, 6) is -1.77. The second-order valence-electron chi connectivity index (χ2n) is 6.40. The molecule has 6 nitrogen and oxygen atoms in total. The third kappa shape index (κ3) is 3.88. The minimum Gasteiger partial charge on any atom is -0.366 e. The predicted octanol–water partition coefficient (Wildman–Crippen LogP) is 2.77. The lowest BCUT2D eigenvalue weighted by atomic mass is 10.1. The molecule has 2 atom stereocenters. The monoisotopic (exact) mass is 355 g/mol. The number of benzene rings is 2. The molecule has 0 saturated heterocycles. The van der Waals surface area contributed by atoms with E-state index in [4.69, 9.17) is 5.73 Å². The van der Waals surface area contributed by atoms with Gasteiger partial charge in [-0.15, -0.1) is 0 Å². The van der Waals surface area contributed by atoms with Gasteiger partial charge >= 0.3 is 0 Å². The molecule has 0 spiro atoms. The van der Waals surface area contributed by atoms with E-state index in [0.29, 0.717) is 17.2 Å². The highest BCUT2D eigenvalue weighted by atomic mass is 19.1. The fourth-order valence-corrected chi connectivity index (χ4v) is 2.66. The fourth-order valence-electron chi connectivity index (χ4n) is 2.66. The number of hydrogen-bond donors (Lipinski definition) is 3. The molecule has 0 heterocycles. The second kappa shape index (κ2) is 6.95. The summed E-state index contributed by atoms with van der Waals surface area (Å²) >= 11 is 0. The van der Waals surface area contributed by atoms with Crippen molar-refractivity contribution in [2.45, 2.75) is 13.3 Å². The number of carbonyl (C=O) groups is 3. The molecule has 0 radical (unpaired) electrons. The van der Waals surface area contributed by atoms with Crippen molar-refractivity contribution in [3.8, 4) is 0 Å². The van der Waals surface area contributed by atoms with Crippen LogP contribution in [0.4, 0.5) is 15.8 Å². The van der Waals surface area contributed by atoms with Crippen LogP contribution in [0.5, 0.6) is 0 Å². The summed E-state index contributed by atoms with van der Waals surface area (Å²) in [6.07, 6.45) is 0.874. The van der Waals surface area contributed by atoms with Crippen LogP contribution in [0.1, 0.15) is 34.1 Å². The largest absolute Gasteiger partial charge is 0.366 e. The molecule has 1 saturated carbocycles. The van der Waals surface area contributed by atoms with Crippen molar-refractivity contribution in [3.63, 3.8) is 0 Å². The van der Waals surface area contributed by atoms with Crippen LogP contribution in [-0.2, 0) is 4.79 Å². The predicted molar refractivity (Wildman–Crippen MR) is 95.2 cm³/mol. The normalized spacial score (nSPS) is 18.1. The molecule has 134 valence electrons. The zero-order chi connectivity index (χ0) is 18.8. The highest BCUT2D eigenvalue weighted by molar-refractivity contribution is 6.06. The first kappa shape index (κ1) is 17.6. The summed E-state index contributed by atoms with van der Waals surface area (Å²) < 4.78 is 13.5. The van der Waals surface area contributed by atoms with Gasteiger partial charge in [-0.3, -0.25) is 14.4 Å². The van der Waals surface area contributed by atoms with Crippen LogP contribution < -0.4 is 16.4 Å². The third-order valence-electron chi connectivity index (χ3n) is 4.33. The van der Waals surface area contributed by atoms with E-state index in [0.717, 1.165) is 12.5 Å². The van der Waals surface area contributed by atoms with Crippen molar-refractivity contribution >= 4 is 29.1 Å². The number of nitrogens with two attached hydrogens (primary N) is 1. The number of carbonyl (C=O) groups excluding carboxylic acids is 3. The number of hydrogen-bond acceptors (Lipinski definition) is 3. The lowest BCUT2D eigenvalue weighted by Gasteiger charge is -2.09.